The number of hydrogen-bond acceptors (Lipinski definition) is 5. The Morgan fingerprint density at radius 1 is 0.917 bits per heavy atom. The van der Waals surface area contributed by atoms with Gasteiger partial charge in [0.25, 0.3) is 0 Å². The van der Waals surface area contributed by atoms with Gasteiger partial charge in [0.05, 0.1) is 24.3 Å². The van der Waals surface area contributed by atoms with Crippen molar-refractivity contribution in [1.82, 2.24) is 4.90 Å². The Bertz CT molecular complexity index is 1170. The summed E-state index contributed by atoms with van der Waals surface area (Å²) in [5, 5.41) is 2.60. The van der Waals surface area contributed by atoms with Gasteiger partial charge in [-0.05, 0) is 62.9 Å². The highest BCUT2D eigenvalue weighted by Crippen LogP contribution is 2.47. The molecule has 0 N–H and O–H groups in total. The fraction of sp³-hybridized carbons (Fsp3) is 0.400. The molecule has 3 aliphatic heterocycles. The van der Waals surface area contributed by atoms with Gasteiger partial charge in [-0.2, -0.15) is 0 Å². The molecule has 1 atom stereocenters. The molecule has 2 aromatic carbocycles. The van der Waals surface area contributed by atoms with E-state index in [1.807, 2.05) is 24.7 Å². The molecule has 6 nitrogen and oxygen atoms in total. The molecule has 0 bridgehead atoms. The van der Waals surface area contributed by atoms with Gasteiger partial charge in [0, 0.05) is 12.6 Å². The van der Waals surface area contributed by atoms with Crippen LogP contribution in [0.1, 0.15) is 50.5 Å². The molecule has 6 rings (SSSR count). The maximum absolute atomic E-state index is 6.27. The molecule has 6 heteroatoms. The van der Waals surface area contributed by atoms with Crippen LogP contribution in [0.4, 0.5) is 5.69 Å². The lowest BCUT2D eigenvalue weighted by atomic mass is 9.75. The smallest absolute Gasteiger partial charge is 0.225 e. The van der Waals surface area contributed by atoms with E-state index in [0.29, 0.717) is 11.2 Å². The second-order valence-electron chi connectivity index (χ2n) is 10.5. The van der Waals surface area contributed by atoms with Crippen LogP contribution in [-0.4, -0.2) is 47.2 Å². The van der Waals surface area contributed by atoms with Crippen molar-refractivity contribution < 1.29 is 9.33 Å². The topological polar surface area (TPSA) is 40.4 Å². The van der Waals surface area contributed by atoms with Gasteiger partial charge in [0.2, 0.25) is 12.0 Å². The zero-order valence-electron chi connectivity index (χ0n) is 21.0. The summed E-state index contributed by atoms with van der Waals surface area (Å²) in [6.45, 7) is 4.03. The van der Waals surface area contributed by atoms with Crippen LogP contribution in [0.25, 0.3) is 0 Å². The van der Waals surface area contributed by atoms with Crippen molar-refractivity contribution >= 4 is 18.2 Å². The number of quaternary nitrogens is 1. The van der Waals surface area contributed by atoms with Gasteiger partial charge in [-0.15, -0.1) is 4.59 Å². The highest BCUT2D eigenvalue weighted by Gasteiger charge is 2.55. The van der Waals surface area contributed by atoms with Gasteiger partial charge in [-0.25, -0.2) is 10.0 Å². The number of rotatable bonds is 8. The minimum atomic E-state index is 0.0212. The second-order valence-corrected chi connectivity index (χ2v) is 10.5. The zero-order valence-corrected chi connectivity index (χ0v) is 21.0. The molecule has 0 aromatic heterocycles. The Hall–Kier alpha value is -3.22. The molecule has 3 heterocycles. The molecule has 4 aliphatic rings. The minimum absolute atomic E-state index is 0.0212. The average molecular weight is 483 g/mol. The molecule has 0 radical (unpaired) electrons. The van der Waals surface area contributed by atoms with Crippen molar-refractivity contribution in [2.24, 2.45) is 9.98 Å². The number of hydrogen-bond donors (Lipinski definition) is 0. The molecule has 1 unspecified atom stereocenters. The Morgan fingerprint density at radius 3 is 2.53 bits per heavy atom. The standard InChI is InChI=1S/C30H36N5O/c1-2-7-18-33(17-6-1)24-30(14-9-15-30)34(35-19-16-31-21-28(35)22-32-25-35)27-12-8-13-29(20-27)36-23-26-10-4-3-5-11-26/h3-5,8,10-13,16,19-22,25H,1-2,6-7,9,14-15,17-18,23-24H2/q+1. The molecule has 0 spiro atoms. The summed E-state index contributed by atoms with van der Waals surface area (Å²) in [5.74, 6) is 0.889. The molecule has 1 aliphatic carbocycles. The lowest BCUT2D eigenvalue weighted by molar-refractivity contribution is -0.751. The Kier molecular flexibility index (Phi) is 6.46. The molecule has 186 valence electrons. The number of ether oxygens (including phenoxy) is 1. The van der Waals surface area contributed by atoms with Crippen molar-refractivity contribution in [3.8, 4) is 5.75 Å². The van der Waals surface area contributed by atoms with E-state index in [0.717, 1.165) is 23.7 Å². The molecule has 1 saturated carbocycles. The zero-order chi connectivity index (χ0) is 24.3. The molecular weight excluding hydrogens is 446 g/mol. The third-order valence-corrected chi connectivity index (χ3v) is 8.04. The lowest BCUT2D eigenvalue weighted by Crippen LogP contribution is -2.71. The third kappa shape index (κ3) is 4.40. The number of likely N-dealkylation sites (tertiary alicyclic amines) is 1. The van der Waals surface area contributed by atoms with Crippen molar-refractivity contribution in [3.05, 3.63) is 84.5 Å². The van der Waals surface area contributed by atoms with E-state index in [4.69, 9.17) is 4.74 Å². The predicted molar refractivity (Wildman–Crippen MR) is 146 cm³/mol. The first-order valence-corrected chi connectivity index (χ1v) is 13.4. The highest BCUT2D eigenvalue weighted by molar-refractivity contribution is 5.82. The quantitative estimate of drug-likeness (QED) is 0.431. The normalized spacial score (nSPS) is 24.5. The molecule has 0 amide bonds. The van der Waals surface area contributed by atoms with Crippen LogP contribution < -0.4 is 9.75 Å². The number of aliphatic imine (C=N–C) groups is 2. The van der Waals surface area contributed by atoms with Crippen LogP contribution in [0.5, 0.6) is 5.75 Å². The van der Waals surface area contributed by atoms with E-state index in [9.17, 15) is 0 Å². The molecule has 2 aromatic rings. The van der Waals surface area contributed by atoms with E-state index in [1.165, 1.54) is 63.6 Å². The molecule has 36 heavy (non-hydrogen) atoms. The van der Waals surface area contributed by atoms with E-state index in [1.54, 1.807) is 0 Å². The number of fused-ring (bicyclic) bond motifs is 1. The van der Waals surface area contributed by atoms with Crippen LogP contribution in [0.15, 0.2) is 88.9 Å². The summed E-state index contributed by atoms with van der Waals surface area (Å²) >= 11 is 0. The van der Waals surface area contributed by atoms with Gasteiger partial charge in [0.1, 0.15) is 17.9 Å². The van der Waals surface area contributed by atoms with Crippen molar-refractivity contribution in [2.75, 3.05) is 24.6 Å². The first kappa shape index (κ1) is 23.2. The summed E-state index contributed by atoms with van der Waals surface area (Å²) in [4.78, 5) is 11.8. The monoisotopic (exact) mass is 482 g/mol. The maximum atomic E-state index is 6.27. The van der Waals surface area contributed by atoms with Gasteiger partial charge >= 0.3 is 0 Å². The van der Waals surface area contributed by atoms with Gasteiger partial charge in [-0.3, -0.25) is 4.99 Å². The Morgan fingerprint density at radius 2 is 1.75 bits per heavy atom. The van der Waals surface area contributed by atoms with E-state index >= 15 is 0 Å². The highest BCUT2D eigenvalue weighted by atomic mass is 16.5. The lowest BCUT2D eigenvalue weighted by Gasteiger charge is -2.56. The van der Waals surface area contributed by atoms with Crippen molar-refractivity contribution in [3.63, 3.8) is 0 Å². The number of anilines is 1. The van der Waals surface area contributed by atoms with E-state index < -0.39 is 0 Å². The van der Waals surface area contributed by atoms with Gasteiger partial charge in [0.15, 0.2) is 6.20 Å². The van der Waals surface area contributed by atoms with Crippen LogP contribution in [0.3, 0.4) is 0 Å². The fourth-order valence-corrected chi connectivity index (χ4v) is 6.11. The van der Waals surface area contributed by atoms with Crippen LogP contribution >= 0.6 is 0 Å². The number of benzene rings is 2. The van der Waals surface area contributed by atoms with Crippen LogP contribution in [0.2, 0.25) is 0 Å². The van der Waals surface area contributed by atoms with E-state index in [2.05, 4.69) is 81.0 Å². The predicted octanol–water partition coefficient (Wildman–Crippen LogP) is 6.04. The summed E-state index contributed by atoms with van der Waals surface area (Å²) in [6, 6.07) is 19.0. The number of nitrogens with zero attached hydrogens (tertiary/aromatic N) is 5. The SMILES string of the molecule is C1=C[N+]2(N(c3cccc(OCc4ccccc4)c3)C3(CN4CCCCCC4)CCC3)C=NC=C2C=N1. The van der Waals surface area contributed by atoms with Crippen LogP contribution in [-0.2, 0) is 6.61 Å². The molecule has 1 saturated heterocycles. The fourth-order valence-electron chi connectivity index (χ4n) is 6.11. The van der Waals surface area contributed by atoms with E-state index in [-0.39, 0.29) is 5.54 Å². The largest absolute Gasteiger partial charge is 0.489 e. The molecule has 2 fully saturated rings. The summed E-state index contributed by atoms with van der Waals surface area (Å²) in [6.07, 6.45) is 18.9. The summed E-state index contributed by atoms with van der Waals surface area (Å²) < 4.78 is 6.73. The Balaban J connectivity index is 1.36. The first-order chi connectivity index (χ1) is 17.8. The summed E-state index contributed by atoms with van der Waals surface area (Å²) in [5.41, 5.74) is 3.43. The maximum Gasteiger partial charge on any atom is 0.225 e. The Labute approximate surface area is 214 Å². The van der Waals surface area contributed by atoms with Gasteiger partial charge in [-0.1, -0.05) is 49.2 Å². The van der Waals surface area contributed by atoms with Crippen LogP contribution in [0, 0.1) is 0 Å². The summed E-state index contributed by atoms with van der Waals surface area (Å²) in [7, 11) is 0. The van der Waals surface area contributed by atoms with Crippen molar-refractivity contribution in [1.29, 1.82) is 0 Å². The average Bonchev–Trinajstić information content (AvgIpc) is 3.16. The second kappa shape index (κ2) is 10.0. The number of allylic oxidation sites excluding steroid dienone is 1. The molecular formula is C30H36N5O+. The third-order valence-electron chi connectivity index (χ3n) is 8.04. The first-order valence-electron chi connectivity index (χ1n) is 13.4. The van der Waals surface area contributed by atoms with Gasteiger partial charge < -0.3 is 9.64 Å². The minimum Gasteiger partial charge on any atom is -0.489 e. The van der Waals surface area contributed by atoms with Crippen molar-refractivity contribution in [2.45, 2.75) is 57.1 Å².